The SMILES string of the molecule is OC1CCC(OC2CCC(O)C(I)C2)CC1I. The van der Waals surface area contributed by atoms with E-state index in [9.17, 15) is 10.2 Å². The smallest absolute Gasteiger partial charge is 0.0659 e. The number of hydrogen-bond acceptors (Lipinski definition) is 3. The number of aliphatic hydroxyl groups is 2. The topological polar surface area (TPSA) is 49.7 Å². The Labute approximate surface area is 130 Å². The van der Waals surface area contributed by atoms with Gasteiger partial charge in [0.15, 0.2) is 0 Å². The van der Waals surface area contributed by atoms with Gasteiger partial charge in [-0.2, -0.15) is 0 Å². The average molecular weight is 466 g/mol. The van der Waals surface area contributed by atoms with Crippen molar-refractivity contribution in [3.05, 3.63) is 0 Å². The summed E-state index contributed by atoms with van der Waals surface area (Å²) in [6.45, 7) is 0. The standard InChI is InChI=1S/C12H20I2O3/c13-9-5-7(1-3-11(9)15)17-8-2-4-12(16)10(14)6-8/h7-12,15-16H,1-6H2. The Bertz CT molecular complexity index is 228. The minimum Gasteiger partial charge on any atom is -0.392 e. The van der Waals surface area contributed by atoms with Crippen LogP contribution in [0.3, 0.4) is 0 Å². The predicted octanol–water partition coefficient (Wildman–Crippen LogP) is 2.44. The first-order chi connectivity index (χ1) is 8.06. The fourth-order valence-corrected chi connectivity index (χ4v) is 4.50. The molecule has 0 bridgehead atoms. The number of alkyl halides is 2. The molecule has 0 aromatic heterocycles. The van der Waals surface area contributed by atoms with Crippen LogP contribution in [-0.2, 0) is 4.74 Å². The molecule has 0 aromatic rings. The Hall–Kier alpha value is 1.34. The maximum absolute atomic E-state index is 9.68. The lowest BCUT2D eigenvalue weighted by Gasteiger charge is -2.36. The van der Waals surface area contributed by atoms with E-state index in [1.165, 1.54) is 0 Å². The van der Waals surface area contributed by atoms with Crippen LogP contribution in [-0.4, -0.2) is 42.5 Å². The van der Waals surface area contributed by atoms with Crippen LogP contribution < -0.4 is 0 Å². The van der Waals surface area contributed by atoms with E-state index in [-0.39, 0.29) is 12.2 Å². The van der Waals surface area contributed by atoms with E-state index >= 15 is 0 Å². The van der Waals surface area contributed by atoms with E-state index in [0.717, 1.165) is 38.5 Å². The molecule has 2 N–H and O–H groups in total. The normalized spacial score (nSPS) is 48.0. The van der Waals surface area contributed by atoms with E-state index in [2.05, 4.69) is 45.2 Å². The van der Waals surface area contributed by atoms with Crippen molar-refractivity contribution in [2.24, 2.45) is 0 Å². The van der Waals surface area contributed by atoms with Gasteiger partial charge in [0.05, 0.1) is 24.4 Å². The van der Waals surface area contributed by atoms with Crippen molar-refractivity contribution < 1.29 is 14.9 Å². The van der Waals surface area contributed by atoms with E-state index < -0.39 is 0 Å². The van der Waals surface area contributed by atoms with Gasteiger partial charge in [-0.25, -0.2) is 0 Å². The van der Waals surface area contributed by atoms with Crippen LogP contribution in [0.1, 0.15) is 38.5 Å². The van der Waals surface area contributed by atoms with Crippen molar-refractivity contribution >= 4 is 45.2 Å². The fraction of sp³-hybridized carbons (Fsp3) is 1.00. The molecule has 3 nitrogen and oxygen atoms in total. The minimum atomic E-state index is -0.152. The molecule has 0 amide bonds. The van der Waals surface area contributed by atoms with Gasteiger partial charge in [-0.3, -0.25) is 0 Å². The quantitative estimate of drug-likeness (QED) is 0.486. The summed E-state index contributed by atoms with van der Waals surface area (Å²) >= 11 is 4.66. The van der Waals surface area contributed by atoms with Gasteiger partial charge in [-0.1, -0.05) is 45.2 Å². The lowest BCUT2D eigenvalue weighted by molar-refractivity contribution is -0.0663. The number of aliphatic hydroxyl groups excluding tert-OH is 2. The molecule has 0 spiro atoms. The zero-order chi connectivity index (χ0) is 12.4. The van der Waals surface area contributed by atoms with Crippen LogP contribution in [0.5, 0.6) is 0 Å². The molecule has 6 unspecified atom stereocenters. The van der Waals surface area contributed by atoms with Gasteiger partial charge < -0.3 is 14.9 Å². The monoisotopic (exact) mass is 466 g/mol. The second-order valence-electron chi connectivity index (χ2n) is 5.17. The van der Waals surface area contributed by atoms with E-state index in [1.54, 1.807) is 0 Å². The zero-order valence-electron chi connectivity index (χ0n) is 9.77. The van der Waals surface area contributed by atoms with Crippen molar-refractivity contribution in [3.63, 3.8) is 0 Å². The van der Waals surface area contributed by atoms with Gasteiger partial charge in [-0.15, -0.1) is 0 Å². The highest BCUT2D eigenvalue weighted by Crippen LogP contribution is 2.32. The lowest BCUT2D eigenvalue weighted by atomic mass is 9.92. The highest BCUT2D eigenvalue weighted by molar-refractivity contribution is 14.1. The summed E-state index contributed by atoms with van der Waals surface area (Å²) in [7, 11) is 0. The molecule has 0 aliphatic heterocycles. The van der Waals surface area contributed by atoms with Gasteiger partial charge in [0.1, 0.15) is 0 Å². The molecule has 2 rings (SSSR count). The number of ether oxygens (including phenoxy) is 1. The molecule has 2 aliphatic rings. The van der Waals surface area contributed by atoms with Crippen molar-refractivity contribution in [1.82, 2.24) is 0 Å². The molecule has 17 heavy (non-hydrogen) atoms. The summed E-state index contributed by atoms with van der Waals surface area (Å²) < 4.78 is 6.80. The molecule has 5 heteroatoms. The first-order valence-electron chi connectivity index (χ1n) is 6.36. The Morgan fingerprint density at radius 1 is 0.765 bits per heavy atom. The summed E-state index contributed by atoms with van der Waals surface area (Å²) in [5.74, 6) is 0. The Balaban J connectivity index is 1.78. The van der Waals surface area contributed by atoms with Crippen LogP contribution in [0.15, 0.2) is 0 Å². The summed E-state index contributed by atoms with van der Waals surface area (Å²) in [6.07, 6.45) is 5.93. The highest BCUT2D eigenvalue weighted by Gasteiger charge is 2.32. The van der Waals surface area contributed by atoms with E-state index in [1.807, 2.05) is 0 Å². The van der Waals surface area contributed by atoms with Crippen molar-refractivity contribution in [2.45, 2.75) is 70.8 Å². The van der Waals surface area contributed by atoms with E-state index in [0.29, 0.717) is 20.1 Å². The lowest BCUT2D eigenvalue weighted by Crippen LogP contribution is -2.39. The van der Waals surface area contributed by atoms with E-state index in [4.69, 9.17) is 4.74 Å². The van der Waals surface area contributed by atoms with Crippen molar-refractivity contribution in [1.29, 1.82) is 0 Å². The summed E-state index contributed by atoms with van der Waals surface area (Å²) in [5.41, 5.74) is 0. The maximum atomic E-state index is 9.68. The molecule has 0 saturated heterocycles. The van der Waals surface area contributed by atoms with Crippen molar-refractivity contribution in [3.8, 4) is 0 Å². The Kier molecular flexibility index (Phi) is 5.79. The molecule has 2 aliphatic carbocycles. The molecular weight excluding hydrogens is 446 g/mol. The largest absolute Gasteiger partial charge is 0.392 e. The first kappa shape index (κ1) is 14.7. The second kappa shape index (κ2) is 6.67. The molecule has 2 saturated carbocycles. The molecule has 6 atom stereocenters. The number of halogens is 2. The first-order valence-corrected chi connectivity index (χ1v) is 8.85. The highest BCUT2D eigenvalue weighted by atomic mass is 127. The van der Waals surface area contributed by atoms with Gasteiger partial charge in [0, 0.05) is 7.85 Å². The molecule has 0 aromatic carbocycles. The van der Waals surface area contributed by atoms with Gasteiger partial charge in [0.2, 0.25) is 0 Å². The minimum absolute atomic E-state index is 0.152. The molecule has 100 valence electrons. The van der Waals surface area contributed by atoms with Gasteiger partial charge >= 0.3 is 0 Å². The van der Waals surface area contributed by atoms with Crippen molar-refractivity contribution in [2.75, 3.05) is 0 Å². The number of hydrogen-bond donors (Lipinski definition) is 2. The zero-order valence-corrected chi connectivity index (χ0v) is 14.1. The average Bonchev–Trinajstić information content (AvgIpc) is 2.29. The van der Waals surface area contributed by atoms with Gasteiger partial charge in [0.25, 0.3) is 0 Å². The summed E-state index contributed by atoms with van der Waals surface area (Å²) in [4.78, 5) is 0. The molecular formula is C12H20I2O3. The maximum Gasteiger partial charge on any atom is 0.0659 e. The second-order valence-corrected chi connectivity index (χ2v) is 8.37. The summed E-state index contributed by atoms with van der Waals surface area (Å²) in [5, 5.41) is 19.4. The number of rotatable bonds is 2. The summed E-state index contributed by atoms with van der Waals surface area (Å²) in [6, 6.07) is 0. The van der Waals surface area contributed by atoms with Crippen LogP contribution >= 0.6 is 45.2 Å². The van der Waals surface area contributed by atoms with Gasteiger partial charge in [-0.05, 0) is 38.5 Å². The Morgan fingerprint density at radius 2 is 1.18 bits per heavy atom. The fourth-order valence-electron chi connectivity index (χ4n) is 2.65. The van der Waals surface area contributed by atoms with Crippen LogP contribution in [0.2, 0.25) is 0 Å². The third kappa shape index (κ3) is 4.15. The molecule has 2 fully saturated rings. The predicted molar refractivity (Wildman–Crippen MR) is 84.0 cm³/mol. The Morgan fingerprint density at radius 3 is 1.53 bits per heavy atom. The molecule has 0 radical (unpaired) electrons. The van der Waals surface area contributed by atoms with Crippen LogP contribution in [0.4, 0.5) is 0 Å². The third-order valence-corrected chi connectivity index (χ3v) is 6.44. The molecule has 0 heterocycles. The van der Waals surface area contributed by atoms with Crippen LogP contribution in [0, 0.1) is 0 Å². The third-order valence-electron chi connectivity index (χ3n) is 3.76. The van der Waals surface area contributed by atoms with Crippen LogP contribution in [0.25, 0.3) is 0 Å².